The maximum atomic E-state index is 6.65. The third kappa shape index (κ3) is 3.42. The summed E-state index contributed by atoms with van der Waals surface area (Å²) in [4.78, 5) is 0. The highest BCUT2D eigenvalue weighted by Gasteiger charge is 2.19. The van der Waals surface area contributed by atoms with Crippen LogP contribution in [0.4, 0.5) is 0 Å². The zero-order chi connectivity index (χ0) is 15.2. The molecule has 0 aliphatic carbocycles. The van der Waals surface area contributed by atoms with Crippen molar-refractivity contribution < 1.29 is 14.2 Å². The summed E-state index contributed by atoms with van der Waals surface area (Å²) in [6.07, 6.45) is 0. The number of methoxy groups -OCH3 is 2. The number of hydrogen-bond acceptors (Lipinski definition) is 3. The van der Waals surface area contributed by atoms with Gasteiger partial charge in [0.15, 0.2) is 0 Å². The van der Waals surface area contributed by atoms with Crippen molar-refractivity contribution in [1.29, 1.82) is 0 Å². The molecule has 0 aromatic heterocycles. The number of benzene rings is 2. The molecule has 0 radical (unpaired) electrons. The molecular weight excluding hydrogens is 288 g/mol. The van der Waals surface area contributed by atoms with Crippen molar-refractivity contribution in [2.45, 2.75) is 12.3 Å². The molecule has 0 fully saturated rings. The van der Waals surface area contributed by atoms with Crippen LogP contribution in [0.5, 0.6) is 17.2 Å². The highest BCUT2D eigenvalue weighted by molar-refractivity contribution is 6.23. The highest BCUT2D eigenvalue weighted by Crippen LogP contribution is 2.40. The molecule has 3 nitrogen and oxygen atoms in total. The predicted molar refractivity (Wildman–Crippen MR) is 84.9 cm³/mol. The summed E-state index contributed by atoms with van der Waals surface area (Å²) in [6.45, 7) is 2.55. The van der Waals surface area contributed by atoms with Crippen molar-refractivity contribution in [3.8, 4) is 17.2 Å². The van der Waals surface area contributed by atoms with Gasteiger partial charge in [-0.05, 0) is 25.1 Å². The Hall–Kier alpha value is -1.87. The lowest BCUT2D eigenvalue weighted by molar-refractivity contribution is 0.336. The second-order valence-electron chi connectivity index (χ2n) is 4.44. The van der Waals surface area contributed by atoms with E-state index in [2.05, 4.69) is 0 Å². The summed E-state index contributed by atoms with van der Waals surface area (Å²) in [6, 6.07) is 13.4. The molecule has 0 aliphatic heterocycles. The van der Waals surface area contributed by atoms with Gasteiger partial charge in [0, 0.05) is 17.2 Å². The summed E-state index contributed by atoms with van der Waals surface area (Å²) in [5.41, 5.74) is 1.80. The van der Waals surface area contributed by atoms with Crippen LogP contribution in [-0.4, -0.2) is 20.8 Å². The maximum Gasteiger partial charge on any atom is 0.127 e. The lowest BCUT2D eigenvalue weighted by Gasteiger charge is -2.18. The fourth-order valence-electron chi connectivity index (χ4n) is 2.17. The monoisotopic (exact) mass is 306 g/mol. The van der Waals surface area contributed by atoms with Crippen molar-refractivity contribution in [3.63, 3.8) is 0 Å². The SMILES string of the molecule is CCOc1ccccc1C(Cl)c1ccc(OC)cc1OC. The molecule has 21 heavy (non-hydrogen) atoms. The summed E-state index contributed by atoms with van der Waals surface area (Å²) in [7, 11) is 3.24. The van der Waals surface area contributed by atoms with Crippen LogP contribution in [0.3, 0.4) is 0 Å². The Balaban J connectivity index is 2.42. The molecule has 0 spiro atoms. The summed E-state index contributed by atoms with van der Waals surface area (Å²) >= 11 is 6.65. The quantitative estimate of drug-likeness (QED) is 0.739. The fraction of sp³-hybridized carbons (Fsp3) is 0.294. The number of rotatable bonds is 6. The van der Waals surface area contributed by atoms with Crippen LogP contribution in [0, 0.1) is 0 Å². The zero-order valence-corrected chi connectivity index (χ0v) is 13.2. The summed E-state index contributed by atoms with van der Waals surface area (Å²) < 4.78 is 16.3. The van der Waals surface area contributed by atoms with Crippen LogP contribution in [0.2, 0.25) is 0 Å². The molecule has 4 heteroatoms. The van der Waals surface area contributed by atoms with E-state index >= 15 is 0 Å². The molecule has 0 aliphatic rings. The molecular formula is C17H19ClO3. The minimum absolute atomic E-state index is 0.353. The highest BCUT2D eigenvalue weighted by atomic mass is 35.5. The van der Waals surface area contributed by atoms with Gasteiger partial charge in [-0.3, -0.25) is 0 Å². The molecule has 2 aromatic carbocycles. The van der Waals surface area contributed by atoms with Gasteiger partial charge in [-0.2, -0.15) is 0 Å². The molecule has 0 saturated heterocycles. The molecule has 0 saturated carbocycles. The van der Waals surface area contributed by atoms with Gasteiger partial charge < -0.3 is 14.2 Å². The molecule has 1 atom stereocenters. The number of hydrogen-bond donors (Lipinski definition) is 0. The maximum absolute atomic E-state index is 6.65. The van der Waals surface area contributed by atoms with Gasteiger partial charge in [-0.15, -0.1) is 11.6 Å². The van der Waals surface area contributed by atoms with Crippen molar-refractivity contribution >= 4 is 11.6 Å². The van der Waals surface area contributed by atoms with E-state index in [1.807, 2.05) is 49.4 Å². The van der Waals surface area contributed by atoms with E-state index in [9.17, 15) is 0 Å². The van der Waals surface area contributed by atoms with Crippen molar-refractivity contribution in [1.82, 2.24) is 0 Å². The Labute approximate surface area is 130 Å². The lowest BCUT2D eigenvalue weighted by Crippen LogP contribution is -2.02. The Morgan fingerprint density at radius 3 is 2.33 bits per heavy atom. The predicted octanol–water partition coefficient (Wildman–Crippen LogP) is 4.43. The standard InChI is InChI=1S/C17H19ClO3/c1-4-21-15-8-6-5-7-13(15)17(18)14-10-9-12(19-2)11-16(14)20-3/h5-11,17H,4H2,1-3H3. The Morgan fingerprint density at radius 2 is 1.67 bits per heavy atom. The van der Waals surface area contributed by atoms with Crippen LogP contribution in [0.25, 0.3) is 0 Å². The van der Waals surface area contributed by atoms with E-state index in [1.54, 1.807) is 14.2 Å². The Bertz CT molecular complexity index is 598. The van der Waals surface area contributed by atoms with Gasteiger partial charge in [0.25, 0.3) is 0 Å². The second kappa shape index (κ2) is 7.23. The van der Waals surface area contributed by atoms with Gasteiger partial charge in [-0.25, -0.2) is 0 Å². The summed E-state index contributed by atoms with van der Waals surface area (Å²) in [5.74, 6) is 2.22. The van der Waals surface area contributed by atoms with Gasteiger partial charge in [0.1, 0.15) is 17.2 Å². The Morgan fingerprint density at radius 1 is 0.952 bits per heavy atom. The van der Waals surface area contributed by atoms with E-state index in [1.165, 1.54) is 0 Å². The number of alkyl halides is 1. The average Bonchev–Trinajstić information content (AvgIpc) is 2.54. The molecule has 2 rings (SSSR count). The molecule has 0 bridgehead atoms. The lowest BCUT2D eigenvalue weighted by atomic mass is 10.0. The Kier molecular flexibility index (Phi) is 5.34. The van der Waals surface area contributed by atoms with Crippen LogP contribution in [0.15, 0.2) is 42.5 Å². The topological polar surface area (TPSA) is 27.7 Å². The van der Waals surface area contributed by atoms with Crippen LogP contribution in [-0.2, 0) is 0 Å². The number of halogens is 1. The fourth-order valence-corrected chi connectivity index (χ4v) is 2.53. The van der Waals surface area contributed by atoms with Crippen molar-refractivity contribution in [3.05, 3.63) is 53.6 Å². The third-order valence-electron chi connectivity index (χ3n) is 3.21. The first-order chi connectivity index (χ1) is 10.2. The average molecular weight is 307 g/mol. The molecule has 0 heterocycles. The largest absolute Gasteiger partial charge is 0.497 e. The second-order valence-corrected chi connectivity index (χ2v) is 4.88. The number of para-hydroxylation sites is 1. The van der Waals surface area contributed by atoms with E-state index in [0.29, 0.717) is 12.4 Å². The summed E-state index contributed by atoms with van der Waals surface area (Å²) in [5, 5.41) is -0.353. The first-order valence-electron chi connectivity index (χ1n) is 6.79. The molecule has 0 N–H and O–H groups in total. The van der Waals surface area contributed by atoms with Gasteiger partial charge in [0.2, 0.25) is 0 Å². The van der Waals surface area contributed by atoms with Crippen LogP contribution >= 0.6 is 11.6 Å². The molecule has 112 valence electrons. The smallest absolute Gasteiger partial charge is 0.127 e. The zero-order valence-electron chi connectivity index (χ0n) is 12.4. The van der Waals surface area contributed by atoms with Gasteiger partial charge in [0.05, 0.1) is 26.2 Å². The van der Waals surface area contributed by atoms with E-state index < -0.39 is 0 Å². The van der Waals surface area contributed by atoms with Crippen LogP contribution < -0.4 is 14.2 Å². The van der Waals surface area contributed by atoms with Crippen molar-refractivity contribution in [2.75, 3.05) is 20.8 Å². The first-order valence-corrected chi connectivity index (χ1v) is 7.22. The van der Waals surface area contributed by atoms with Crippen molar-refractivity contribution in [2.24, 2.45) is 0 Å². The third-order valence-corrected chi connectivity index (χ3v) is 3.68. The van der Waals surface area contributed by atoms with Gasteiger partial charge in [-0.1, -0.05) is 18.2 Å². The van der Waals surface area contributed by atoms with E-state index in [-0.39, 0.29) is 5.38 Å². The minimum Gasteiger partial charge on any atom is -0.497 e. The number of ether oxygens (including phenoxy) is 3. The molecule has 1 unspecified atom stereocenters. The minimum atomic E-state index is -0.353. The van der Waals surface area contributed by atoms with E-state index in [0.717, 1.165) is 22.6 Å². The van der Waals surface area contributed by atoms with Gasteiger partial charge >= 0.3 is 0 Å². The molecule has 0 amide bonds. The van der Waals surface area contributed by atoms with Crippen LogP contribution in [0.1, 0.15) is 23.4 Å². The normalized spacial score (nSPS) is 11.8. The molecule has 2 aromatic rings. The van der Waals surface area contributed by atoms with E-state index in [4.69, 9.17) is 25.8 Å². The first kappa shape index (κ1) is 15.5.